The highest BCUT2D eigenvalue weighted by atomic mass is 16.3. The Bertz CT molecular complexity index is 469. The molecule has 0 amide bonds. The summed E-state index contributed by atoms with van der Waals surface area (Å²) in [6.07, 6.45) is 0. The fraction of sp³-hybridized carbons (Fsp3) is 0.647. The summed E-state index contributed by atoms with van der Waals surface area (Å²) in [5.74, 6) is 0.458. The lowest BCUT2D eigenvalue weighted by Crippen LogP contribution is -2.43. The SMILES string of the molecule is Cc1cc(CN2CCN(C)CC2)cc(C(C)(C)C)c1O. The number of phenolic OH excluding ortho intramolecular Hbond substituents is 1. The van der Waals surface area contributed by atoms with Gasteiger partial charge in [-0.2, -0.15) is 0 Å². The molecule has 1 heterocycles. The molecule has 1 aromatic rings. The quantitative estimate of drug-likeness (QED) is 0.900. The van der Waals surface area contributed by atoms with Gasteiger partial charge in [-0.05, 0) is 36.1 Å². The standard InChI is InChI=1S/C17H28N2O/c1-13-10-14(11-15(16(13)20)17(2,3)4)12-19-8-6-18(5)7-9-19/h10-11,20H,6-9,12H2,1-5H3. The summed E-state index contributed by atoms with van der Waals surface area (Å²) < 4.78 is 0. The van der Waals surface area contributed by atoms with Crippen LogP contribution in [0.15, 0.2) is 12.1 Å². The summed E-state index contributed by atoms with van der Waals surface area (Å²) in [5.41, 5.74) is 3.34. The third kappa shape index (κ3) is 3.53. The third-order valence-corrected chi connectivity index (χ3v) is 4.17. The maximum absolute atomic E-state index is 10.3. The molecule has 0 radical (unpaired) electrons. The molecule has 0 saturated carbocycles. The minimum Gasteiger partial charge on any atom is -0.507 e. The number of hydrogen-bond donors (Lipinski definition) is 1. The molecule has 20 heavy (non-hydrogen) atoms. The summed E-state index contributed by atoms with van der Waals surface area (Å²) in [6.45, 7) is 14.0. The van der Waals surface area contributed by atoms with Gasteiger partial charge in [0.05, 0.1) is 0 Å². The van der Waals surface area contributed by atoms with E-state index in [1.54, 1.807) is 0 Å². The first-order valence-corrected chi connectivity index (χ1v) is 7.51. The van der Waals surface area contributed by atoms with E-state index in [4.69, 9.17) is 0 Å². The molecule has 0 unspecified atom stereocenters. The smallest absolute Gasteiger partial charge is 0.122 e. The summed E-state index contributed by atoms with van der Waals surface area (Å²) in [4.78, 5) is 4.87. The summed E-state index contributed by atoms with van der Waals surface area (Å²) in [5, 5.41) is 10.3. The van der Waals surface area contributed by atoms with Gasteiger partial charge in [0.1, 0.15) is 5.75 Å². The zero-order chi connectivity index (χ0) is 14.9. The number of nitrogens with zero attached hydrogens (tertiary/aromatic N) is 2. The Morgan fingerprint density at radius 3 is 2.25 bits per heavy atom. The van der Waals surface area contributed by atoms with Crippen molar-refractivity contribution in [2.45, 2.75) is 39.7 Å². The van der Waals surface area contributed by atoms with E-state index in [1.807, 2.05) is 6.92 Å². The molecule has 2 rings (SSSR count). The van der Waals surface area contributed by atoms with Gasteiger partial charge < -0.3 is 10.0 Å². The number of hydrogen-bond acceptors (Lipinski definition) is 3. The average molecular weight is 276 g/mol. The van der Waals surface area contributed by atoms with Crippen molar-refractivity contribution in [1.29, 1.82) is 0 Å². The van der Waals surface area contributed by atoms with Crippen LogP contribution in [0, 0.1) is 6.92 Å². The monoisotopic (exact) mass is 276 g/mol. The Morgan fingerprint density at radius 1 is 1.10 bits per heavy atom. The number of likely N-dealkylation sites (N-methyl/N-ethyl adjacent to an activating group) is 1. The van der Waals surface area contributed by atoms with Crippen molar-refractivity contribution in [3.8, 4) is 5.75 Å². The molecule has 1 fully saturated rings. The maximum Gasteiger partial charge on any atom is 0.122 e. The molecule has 1 saturated heterocycles. The van der Waals surface area contributed by atoms with Crippen LogP contribution >= 0.6 is 0 Å². The van der Waals surface area contributed by atoms with Crippen molar-refractivity contribution in [3.05, 3.63) is 28.8 Å². The maximum atomic E-state index is 10.3. The van der Waals surface area contributed by atoms with E-state index < -0.39 is 0 Å². The highest BCUT2D eigenvalue weighted by molar-refractivity contribution is 5.46. The van der Waals surface area contributed by atoms with Crippen LogP contribution in [-0.4, -0.2) is 48.1 Å². The molecular weight excluding hydrogens is 248 g/mol. The number of aryl methyl sites for hydroxylation is 1. The molecule has 0 atom stereocenters. The van der Waals surface area contributed by atoms with Crippen molar-refractivity contribution in [2.75, 3.05) is 33.2 Å². The van der Waals surface area contributed by atoms with Gasteiger partial charge in [-0.15, -0.1) is 0 Å². The highest BCUT2D eigenvalue weighted by Gasteiger charge is 2.21. The van der Waals surface area contributed by atoms with E-state index in [-0.39, 0.29) is 5.41 Å². The van der Waals surface area contributed by atoms with Crippen LogP contribution in [0.25, 0.3) is 0 Å². The second-order valence-corrected chi connectivity index (χ2v) is 7.14. The Hall–Kier alpha value is -1.06. The molecule has 1 aliphatic heterocycles. The van der Waals surface area contributed by atoms with E-state index >= 15 is 0 Å². The fourth-order valence-electron chi connectivity index (χ4n) is 2.78. The Labute approximate surface area is 123 Å². The third-order valence-electron chi connectivity index (χ3n) is 4.17. The number of benzene rings is 1. The van der Waals surface area contributed by atoms with Crippen molar-refractivity contribution in [1.82, 2.24) is 9.80 Å². The van der Waals surface area contributed by atoms with Gasteiger partial charge in [-0.3, -0.25) is 4.90 Å². The zero-order valence-corrected chi connectivity index (χ0v) is 13.5. The molecule has 1 aliphatic rings. The number of phenols is 1. The molecule has 0 aliphatic carbocycles. The van der Waals surface area contributed by atoms with Crippen molar-refractivity contribution < 1.29 is 5.11 Å². The topological polar surface area (TPSA) is 26.7 Å². The molecule has 1 N–H and O–H groups in total. The van der Waals surface area contributed by atoms with E-state index in [0.717, 1.165) is 43.9 Å². The van der Waals surface area contributed by atoms with Crippen LogP contribution in [0.4, 0.5) is 0 Å². The predicted molar refractivity (Wildman–Crippen MR) is 84.3 cm³/mol. The molecule has 0 aromatic heterocycles. The normalized spacial score (nSPS) is 18.4. The van der Waals surface area contributed by atoms with Crippen LogP contribution in [0.1, 0.15) is 37.5 Å². The lowest BCUT2D eigenvalue weighted by Gasteiger charge is -2.33. The highest BCUT2D eigenvalue weighted by Crippen LogP contribution is 2.34. The molecular formula is C17H28N2O. The number of aromatic hydroxyl groups is 1. The van der Waals surface area contributed by atoms with Crippen LogP contribution in [-0.2, 0) is 12.0 Å². The summed E-state index contributed by atoms with van der Waals surface area (Å²) in [7, 11) is 2.18. The van der Waals surface area contributed by atoms with E-state index in [2.05, 4.69) is 49.8 Å². The van der Waals surface area contributed by atoms with Crippen LogP contribution in [0.3, 0.4) is 0 Å². The average Bonchev–Trinajstić information content (AvgIpc) is 2.35. The first-order chi connectivity index (χ1) is 9.27. The molecule has 0 bridgehead atoms. The molecule has 112 valence electrons. The second-order valence-electron chi connectivity index (χ2n) is 7.14. The van der Waals surface area contributed by atoms with Gasteiger partial charge in [0.2, 0.25) is 0 Å². The Morgan fingerprint density at radius 2 is 1.70 bits per heavy atom. The van der Waals surface area contributed by atoms with E-state index in [0.29, 0.717) is 5.75 Å². The molecule has 1 aromatic carbocycles. The van der Waals surface area contributed by atoms with Gasteiger partial charge in [0.15, 0.2) is 0 Å². The van der Waals surface area contributed by atoms with Crippen LogP contribution in [0.5, 0.6) is 5.75 Å². The Balaban J connectivity index is 2.18. The van der Waals surface area contributed by atoms with Crippen LogP contribution in [0.2, 0.25) is 0 Å². The largest absolute Gasteiger partial charge is 0.507 e. The first-order valence-electron chi connectivity index (χ1n) is 7.51. The van der Waals surface area contributed by atoms with Gasteiger partial charge >= 0.3 is 0 Å². The van der Waals surface area contributed by atoms with Gasteiger partial charge in [-0.1, -0.05) is 32.9 Å². The first kappa shape index (κ1) is 15.3. The lowest BCUT2D eigenvalue weighted by molar-refractivity contribution is 0.148. The lowest BCUT2D eigenvalue weighted by atomic mass is 9.84. The van der Waals surface area contributed by atoms with Crippen molar-refractivity contribution >= 4 is 0 Å². The van der Waals surface area contributed by atoms with Crippen molar-refractivity contribution in [2.24, 2.45) is 0 Å². The fourth-order valence-corrected chi connectivity index (χ4v) is 2.78. The van der Waals surface area contributed by atoms with Gasteiger partial charge in [0.25, 0.3) is 0 Å². The molecule has 3 heteroatoms. The van der Waals surface area contributed by atoms with Gasteiger partial charge in [-0.25, -0.2) is 0 Å². The zero-order valence-electron chi connectivity index (χ0n) is 13.5. The number of rotatable bonds is 2. The molecule has 3 nitrogen and oxygen atoms in total. The summed E-state index contributed by atoms with van der Waals surface area (Å²) >= 11 is 0. The predicted octanol–water partition coefficient (Wildman–Crippen LogP) is 2.75. The van der Waals surface area contributed by atoms with Crippen molar-refractivity contribution in [3.63, 3.8) is 0 Å². The minimum absolute atomic E-state index is 0.0209. The minimum atomic E-state index is -0.0209. The Kier molecular flexibility index (Phi) is 4.40. The van der Waals surface area contributed by atoms with Gasteiger partial charge in [0, 0.05) is 32.7 Å². The van der Waals surface area contributed by atoms with E-state index in [1.165, 1.54) is 5.56 Å². The second kappa shape index (κ2) is 5.74. The number of piperazine rings is 1. The van der Waals surface area contributed by atoms with Crippen LogP contribution < -0.4 is 0 Å². The van der Waals surface area contributed by atoms with E-state index in [9.17, 15) is 5.11 Å². The summed E-state index contributed by atoms with van der Waals surface area (Å²) in [6, 6.07) is 4.31. The molecule has 0 spiro atoms.